The van der Waals surface area contributed by atoms with Crippen LogP contribution in [0.5, 0.6) is 5.88 Å². The van der Waals surface area contributed by atoms with Crippen molar-refractivity contribution in [3.63, 3.8) is 0 Å². The average Bonchev–Trinajstić information content (AvgIpc) is 2.92. The SMILES string of the molecule is COC(=O)c1ccc(Cn2cccn2)c(OC(F)F)n1. The zero-order valence-electron chi connectivity index (χ0n) is 10.5. The molecule has 6 nitrogen and oxygen atoms in total. The summed E-state index contributed by atoms with van der Waals surface area (Å²) in [6, 6.07) is 4.55. The van der Waals surface area contributed by atoms with E-state index in [1.807, 2.05) is 0 Å². The van der Waals surface area contributed by atoms with Gasteiger partial charge in [0.2, 0.25) is 5.88 Å². The Morgan fingerprint density at radius 3 is 2.85 bits per heavy atom. The Labute approximate surface area is 112 Å². The average molecular weight is 283 g/mol. The Balaban J connectivity index is 2.32. The molecule has 106 valence electrons. The molecule has 2 rings (SSSR count). The molecule has 0 radical (unpaired) electrons. The highest BCUT2D eigenvalue weighted by Gasteiger charge is 2.16. The van der Waals surface area contributed by atoms with Crippen molar-refractivity contribution in [3.05, 3.63) is 41.9 Å². The van der Waals surface area contributed by atoms with Crippen LogP contribution in [0.3, 0.4) is 0 Å². The number of rotatable bonds is 5. The molecule has 2 aromatic heterocycles. The van der Waals surface area contributed by atoms with E-state index in [1.165, 1.54) is 23.9 Å². The number of alkyl halides is 2. The minimum Gasteiger partial charge on any atom is -0.464 e. The van der Waals surface area contributed by atoms with Crippen molar-refractivity contribution in [1.82, 2.24) is 14.8 Å². The summed E-state index contributed by atoms with van der Waals surface area (Å²) in [4.78, 5) is 15.1. The first-order valence-electron chi connectivity index (χ1n) is 5.60. The number of nitrogens with zero attached hydrogens (tertiary/aromatic N) is 3. The Morgan fingerprint density at radius 1 is 1.45 bits per heavy atom. The predicted octanol–water partition coefficient (Wildman–Crippen LogP) is 1.71. The first-order valence-corrected chi connectivity index (χ1v) is 5.60. The maximum Gasteiger partial charge on any atom is 0.388 e. The summed E-state index contributed by atoms with van der Waals surface area (Å²) in [5.74, 6) is -1.05. The molecule has 0 bridgehead atoms. The number of methoxy groups -OCH3 is 1. The molecule has 0 aliphatic heterocycles. The van der Waals surface area contributed by atoms with Crippen molar-refractivity contribution >= 4 is 5.97 Å². The van der Waals surface area contributed by atoms with Crippen molar-refractivity contribution in [1.29, 1.82) is 0 Å². The molecule has 0 saturated carbocycles. The summed E-state index contributed by atoms with van der Waals surface area (Å²) in [7, 11) is 1.18. The number of carbonyl (C=O) groups excluding carboxylic acids is 1. The first-order chi connectivity index (χ1) is 9.60. The van der Waals surface area contributed by atoms with Gasteiger partial charge < -0.3 is 9.47 Å². The van der Waals surface area contributed by atoms with Gasteiger partial charge in [0.1, 0.15) is 0 Å². The highest BCUT2D eigenvalue weighted by molar-refractivity contribution is 5.87. The lowest BCUT2D eigenvalue weighted by atomic mass is 10.2. The molecule has 0 fully saturated rings. The van der Waals surface area contributed by atoms with E-state index in [0.717, 1.165) is 0 Å². The van der Waals surface area contributed by atoms with Crippen LogP contribution in [0.2, 0.25) is 0 Å². The van der Waals surface area contributed by atoms with E-state index >= 15 is 0 Å². The van der Waals surface area contributed by atoms with E-state index in [4.69, 9.17) is 0 Å². The number of esters is 1. The molecule has 8 heteroatoms. The van der Waals surface area contributed by atoms with Gasteiger partial charge in [-0.1, -0.05) is 0 Å². The molecule has 0 spiro atoms. The zero-order chi connectivity index (χ0) is 14.5. The first kappa shape index (κ1) is 13.9. The van der Waals surface area contributed by atoms with Gasteiger partial charge in [-0.2, -0.15) is 13.9 Å². The van der Waals surface area contributed by atoms with Crippen LogP contribution >= 0.6 is 0 Å². The van der Waals surface area contributed by atoms with Crippen molar-refractivity contribution < 1.29 is 23.0 Å². The molecule has 2 aromatic rings. The fourth-order valence-corrected chi connectivity index (χ4v) is 1.56. The van der Waals surface area contributed by atoms with Gasteiger partial charge in [0.05, 0.1) is 13.7 Å². The third-order valence-electron chi connectivity index (χ3n) is 2.43. The third kappa shape index (κ3) is 3.28. The summed E-state index contributed by atoms with van der Waals surface area (Å²) in [6.07, 6.45) is 3.23. The normalized spacial score (nSPS) is 10.6. The summed E-state index contributed by atoms with van der Waals surface area (Å²) < 4.78 is 35.1. The number of carbonyl (C=O) groups is 1. The molecule has 0 aliphatic carbocycles. The van der Waals surface area contributed by atoms with Crippen LogP contribution in [0.15, 0.2) is 30.6 Å². The van der Waals surface area contributed by atoms with Crippen molar-refractivity contribution in [2.24, 2.45) is 0 Å². The number of pyridine rings is 1. The van der Waals surface area contributed by atoms with Gasteiger partial charge in [0.15, 0.2) is 5.69 Å². The molecule has 0 aromatic carbocycles. The maximum absolute atomic E-state index is 12.4. The van der Waals surface area contributed by atoms with E-state index in [1.54, 1.807) is 18.5 Å². The van der Waals surface area contributed by atoms with E-state index in [9.17, 15) is 13.6 Å². The molecule has 2 heterocycles. The second kappa shape index (κ2) is 6.09. The molecule has 0 amide bonds. The van der Waals surface area contributed by atoms with Gasteiger partial charge >= 0.3 is 12.6 Å². The second-order valence-corrected chi connectivity index (χ2v) is 3.73. The lowest BCUT2D eigenvalue weighted by Gasteiger charge is -2.11. The lowest BCUT2D eigenvalue weighted by molar-refractivity contribution is -0.0537. The smallest absolute Gasteiger partial charge is 0.388 e. The highest BCUT2D eigenvalue weighted by Crippen LogP contribution is 2.20. The van der Waals surface area contributed by atoms with E-state index in [-0.39, 0.29) is 18.1 Å². The number of hydrogen-bond acceptors (Lipinski definition) is 5. The second-order valence-electron chi connectivity index (χ2n) is 3.73. The van der Waals surface area contributed by atoms with Crippen LogP contribution in [-0.4, -0.2) is 34.5 Å². The van der Waals surface area contributed by atoms with Crippen molar-refractivity contribution in [3.8, 4) is 5.88 Å². The molecule has 0 unspecified atom stereocenters. The third-order valence-corrected chi connectivity index (χ3v) is 2.43. The van der Waals surface area contributed by atoms with Crippen LogP contribution in [0.1, 0.15) is 16.1 Å². The monoisotopic (exact) mass is 283 g/mol. The Morgan fingerprint density at radius 2 is 2.25 bits per heavy atom. The molecule has 0 atom stereocenters. The van der Waals surface area contributed by atoms with Crippen LogP contribution in [0.25, 0.3) is 0 Å². The fraction of sp³-hybridized carbons (Fsp3) is 0.250. The van der Waals surface area contributed by atoms with Gasteiger partial charge in [0.25, 0.3) is 0 Å². The number of aromatic nitrogens is 3. The minimum atomic E-state index is -3.04. The number of ether oxygens (including phenoxy) is 2. The van der Waals surface area contributed by atoms with Crippen LogP contribution in [0, 0.1) is 0 Å². The predicted molar refractivity (Wildman–Crippen MR) is 63.5 cm³/mol. The summed E-state index contributed by atoms with van der Waals surface area (Å²) in [5.41, 5.74) is 0.272. The quantitative estimate of drug-likeness (QED) is 0.782. The van der Waals surface area contributed by atoms with Gasteiger partial charge in [-0.15, -0.1) is 0 Å². The van der Waals surface area contributed by atoms with Crippen LogP contribution < -0.4 is 4.74 Å². The Bertz CT molecular complexity index is 588. The molecule has 0 saturated heterocycles. The zero-order valence-corrected chi connectivity index (χ0v) is 10.5. The lowest BCUT2D eigenvalue weighted by Crippen LogP contribution is -2.12. The minimum absolute atomic E-state index is 0.104. The summed E-state index contributed by atoms with van der Waals surface area (Å²) >= 11 is 0. The van der Waals surface area contributed by atoms with E-state index in [0.29, 0.717) is 5.56 Å². The Kier molecular flexibility index (Phi) is 4.24. The molecular formula is C12H11F2N3O3. The maximum atomic E-state index is 12.4. The highest BCUT2D eigenvalue weighted by atomic mass is 19.3. The fourth-order valence-electron chi connectivity index (χ4n) is 1.56. The van der Waals surface area contributed by atoms with Gasteiger partial charge in [-0.3, -0.25) is 4.68 Å². The largest absolute Gasteiger partial charge is 0.464 e. The summed E-state index contributed by atoms with van der Waals surface area (Å²) in [5, 5.41) is 3.96. The number of hydrogen-bond donors (Lipinski definition) is 0. The summed E-state index contributed by atoms with van der Waals surface area (Å²) in [6.45, 7) is -2.84. The topological polar surface area (TPSA) is 66.2 Å². The van der Waals surface area contributed by atoms with E-state index < -0.39 is 12.6 Å². The Hall–Kier alpha value is -2.51. The number of halogens is 2. The van der Waals surface area contributed by atoms with Crippen LogP contribution in [0.4, 0.5) is 8.78 Å². The van der Waals surface area contributed by atoms with Gasteiger partial charge in [-0.25, -0.2) is 9.78 Å². The molecule has 0 N–H and O–H groups in total. The van der Waals surface area contributed by atoms with Crippen LogP contribution in [-0.2, 0) is 11.3 Å². The standard InChI is InChI=1S/C12H11F2N3O3/c1-19-11(18)9-4-3-8(7-17-6-2-5-15-17)10(16-9)20-12(13)14/h2-6,12H,7H2,1H3. The van der Waals surface area contributed by atoms with Gasteiger partial charge in [-0.05, 0) is 18.2 Å². The molecule has 20 heavy (non-hydrogen) atoms. The van der Waals surface area contributed by atoms with E-state index in [2.05, 4.69) is 19.6 Å². The molecule has 0 aliphatic rings. The van der Waals surface area contributed by atoms with Crippen molar-refractivity contribution in [2.75, 3.05) is 7.11 Å². The molecular weight excluding hydrogens is 272 g/mol. The van der Waals surface area contributed by atoms with Gasteiger partial charge in [0, 0.05) is 18.0 Å². The van der Waals surface area contributed by atoms with Crippen molar-refractivity contribution in [2.45, 2.75) is 13.2 Å².